The summed E-state index contributed by atoms with van der Waals surface area (Å²) < 4.78 is 11.7. The average Bonchev–Trinajstić information content (AvgIpc) is 3.11. The van der Waals surface area contributed by atoms with Gasteiger partial charge in [0.25, 0.3) is 0 Å². The number of aromatic nitrogens is 1. The monoisotopic (exact) mass is 377 g/mol. The van der Waals surface area contributed by atoms with Gasteiger partial charge in [0.15, 0.2) is 0 Å². The summed E-state index contributed by atoms with van der Waals surface area (Å²) in [5.74, 6) is 2.57. The molecule has 5 nitrogen and oxygen atoms in total. The summed E-state index contributed by atoms with van der Waals surface area (Å²) in [6, 6.07) is 20.1. The highest BCUT2D eigenvalue weighted by Crippen LogP contribution is 2.22. The van der Waals surface area contributed by atoms with Crippen LogP contribution < -0.4 is 4.74 Å². The minimum atomic E-state index is 0.713. The van der Waals surface area contributed by atoms with Gasteiger partial charge in [0.2, 0.25) is 5.89 Å². The van der Waals surface area contributed by atoms with E-state index in [4.69, 9.17) is 14.1 Å². The molecule has 4 rings (SSSR count). The lowest BCUT2D eigenvalue weighted by atomic mass is 10.2. The molecule has 2 heterocycles. The van der Waals surface area contributed by atoms with Crippen LogP contribution in [0.4, 0.5) is 0 Å². The van der Waals surface area contributed by atoms with Gasteiger partial charge in [0, 0.05) is 44.8 Å². The quantitative estimate of drug-likeness (QED) is 0.626. The molecule has 3 aromatic rings. The van der Waals surface area contributed by atoms with E-state index in [1.165, 1.54) is 0 Å². The molecule has 146 valence electrons. The highest BCUT2D eigenvalue weighted by Gasteiger charge is 2.20. The molecular weight excluding hydrogens is 350 g/mol. The molecule has 0 atom stereocenters. The number of piperazine rings is 1. The minimum absolute atomic E-state index is 0.713. The first kappa shape index (κ1) is 18.7. The van der Waals surface area contributed by atoms with Crippen LogP contribution in [0.25, 0.3) is 11.5 Å². The number of hydrogen-bond donors (Lipinski definition) is 0. The molecular formula is C23H27N3O2. The molecule has 0 unspecified atom stereocenters. The Labute approximate surface area is 166 Å². The van der Waals surface area contributed by atoms with E-state index in [0.717, 1.165) is 68.6 Å². The van der Waals surface area contributed by atoms with Gasteiger partial charge in [-0.05, 0) is 31.2 Å². The number of aryl methyl sites for hydroxylation is 1. The molecule has 0 saturated carbocycles. The minimum Gasteiger partial charge on any atom is -0.492 e. The zero-order valence-corrected chi connectivity index (χ0v) is 16.4. The second-order valence-corrected chi connectivity index (χ2v) is 7.17. The van der Waals surface area contributed by atoms with Crippen molar-refractivity contribution < 1.29 is 9.15 Å². The van der Waals surface area contributed by atoms with Crippen molar-refractivity contribution in [2.75, 3.05) is 39.3 Å². The standard InChI is InChI=1S/C23H27N3O2/c1-19-22(24-23(28-19)20-8-4-2-5-9-20)18-26-14-12-25(13-15-26)16-17-27-21-10-6-3-7-11-21/h2-11H,12-18H2,1H3. The fourth-order valence-electron chi connectivity index (χ4n) is 3.47. The van der Waals surface area contributed by atoms with E-state index >= 15 is 0 Å². The van der Waals surface area contributed by atoms with Gasteiger partial charge < -0.3 is 9.15 Å². The zero-order chi connectivity index (χ0) is 19.2. The van der Waals surface area contributed by atoms with E-state index in [1.807, 2.05) is 67.6 Å². The van der Waals surface area contributed by atoms with Gasteiger partial charge in [-0.1, -0.05) is 36.4 Å². The number of para-hydroxylation sites is 1. The van der Waals surface area contributed by atoms with Crippen molar-refractivity contribution in [1.29, 1.82) is 0 Å². The van der Waals surface area contributed by atoms with Crippen molar-refractivity contribution in [2.45, 2.75) is 13.5 Å². The number of nitrogens with zero attached hydrogens (tertiary/aromatic N) is 3. The van der Waals surface area contributed by atoms with E-state index < -0.39 is 0 Å². The fraction of sp³-hybridized carbons (Fsp3) is 0.348. The first-order valence-electron chi connectivity index (χ1n) is 9.92. The highest BCUT2D eigenvalue weighted by molar-refractivity contribution is 5.53. The van der Waals surface area contributed by atoms with Crippen LogP contribution in [0, 0.1) is 6.92 Å². The van der Waals surface area contributed by atoms with Gasteiger partial charge in [0.05, 0.1) is 5.69 Å². The fourth-order valence-corrected chi connectivity index (χ4v) is 3.47. The Bertz CT molecular complexity index is 856. The van der Waals surface area contributed by atoms with Crippen LogP contribution in [-0.4, -0.2) is 54.1 Å². The van der Waals surface area contributed by atoms with E-state index in [0.29, 0.717) is 5.89 Å². The van der Waals surface area contributed by atoms with Crippen LogP contribution in [0.5, 0.6) is 5.75 Å². The van der Waals surface area contributed by atoms with Crippen molar-refractivity contribution in [3.05, 3.63) is 72.1 Å². The number of oxazole rings is 1. The van der Waals surface area contributed by atoms with E-state index in [1.54, 1.807) is 0 Å². The number of benzene rings is 2. The molecule has 2 aromatic carbocycles. The zero-order valence-electron chi connectivity index (χ0n) is 16.4. The summed E-state index contributed by atoms with van der Waals surface area (Å²) in [4.78, 5) is 9.65. The van der Waals surface area contributed by atoms with Gasteiger partial charge in [0.1, 0.15) is 18.1 Å². The first-order chi connectivity index (χ1) is 13.8. The smallest absolute Gasteiger partial charge is 0.226 e. The van der Waals surface area contributed by atoms with Gasteiger partial charge in [-0.3, -0.25) is 9.80 Å². The summed E-state index contributed by atoms with van der Waals surface area (Å²) in [7, 11) is 0. The molecule has 0 radical (unpaired) electrons. The Hall–Kier alpha value is -2.63. The normalized spacial score (nSPS) is 15.6. The summed E-state index contributed by atoms with van der Waals surface area (Å²) in [5.41, 5.74) is 2.07. The molecule has 1 aliphatic rings. The lowest BCUT2D eigenvalue weighted by molar-refractivity contribution is 0.111. The highest BCUT2D eigenvalue weighted by atomic mass is 16.5. The summed E-state index contributed by atoms with van der Waals surface area (Å²) in [6.45, 7) is 8.73. The Kier molecular flexibility index (Phi) is 6.04. The van der Waals surface area contributed by atoms with E-state index in [2.05, 4.69) is 9.80 Å². The van der Waals surface area contributed by atoms with Gasteiger partial charge >= 0.3 is 0 Å². The van der Waals surface area contributed by atoms with Crippen molar-refractivity contribution in [1.82, 2.24) is 14.8 Å². The van der Waals surface area contributed by atoms with Gasteiger partial charge in [-0.25, -0.2) is 4.98 Å². The summed E-state index contributed by atoms with van der Waals surface area (Å²) in [6.07, 6.45) is 0. The van der Waals surface area contributed by atoms with Crippen molar-refractivity contribution in [2.24, 2.45) is 0 Å². The maximum absolute atomic E-state index is 5.89. The van der Waals surface area contributed by atoms with Gasteiger partial charge in [-0.2, -0.15) is 0 Å². The molecule has 0 N–H and O–H groups in total. The Morgan fingerprint density at radius 1 is 0.893 bits per heavy atom. The number of rotatable bonds is 7. The lowest BCUT2D eigenvalue weighted by Gasteiger charge is -2.34. The molecule has 1 saturated heterocycles. The summed E-state index contributed by atoms with van der Waals surface area (Å²) in [5, 5.41) is 0. The van der Waals surface area contributed by atoms with Crippen LogP contribution in [0.1, 0.15) is 11.5 Å². The van der Waals surface area contributed by atoms with Crippen molar-refractivity contribution in [3.63, 3.8) is 0 Å². The third-order valence-electron chi connectivity index (χ3n) is 5.17. The van der Waals surface area contributed by atoms with Crippen LogP contribution in [0.2, 0.25) is 0 Å². The maximum atomic E-state index is 5.89. The predicted octanol–water partition coefficient (Wildman–Crippen LogP) is 3.85. The Morgan fingerprint density at radius 2 is 1.54 bits per heavy atom. The largest absolute Gasteiger partial charge is 0.492 e. The third-order valence-corrected chi connectivity index (χ3v) is 5.17. The molecule has 1 aliphatic heterocycles. The SMILES string of the molecule is Cc1oc(-c2ccccc2)nc1CN1CCN(CCOc2ccccc2)CC1. The molecule has 0 spiro atoms. The predicted molar refractivity (Wildman–Crippen MR) is 110 cm³/mol. The average molecular weight is 377 g/mol. The molecule has 1 aromatic heterocycles. The van der Waals surface area contributed by atoms with E-state index in [-0.39, 0.29) is 0 Å². The second kappa shape index (κ2) is 9.04. The van der Waals surface area contributed by atoms with Crippen LogP contribution in [0.15, 0.2) is 65.1 Å². The van der Waals surface area contributed by atoms with Crippen molar-refractivity contribution >= 4 is 0 Å². The third kappa shape index (κ3) is 4.80. The molecule has 1 fully saturated rings. The molecule has 28 heavy (non-hydrogen) atoms. The van der Waals surface area contributed by atoms with Crippen LogP contribution >= 0.6 is 0 Å². The topological polar surface area (TPSA) is 41.7 Å². The van der Waals surface area contributed by atoms with Crippen LogP contribution in [0.3, 0.4) is 0 Å². The number of ether oxygens (including phenoxy) is 1. The molecule has 0 amide bonds. The molecule has 0 aliphatic carbocycles. The first-order valence-corrected chi connectivity index (χ1v) is 9.92. The molecule has 0 bridgehead atoms. The lowest BCUT2D eigenvalue weighted by Crippen LogP contribution is -2.47. The van der Waals surface area contributed by atoms with Crippen LogP contribution in [-0.2, 0) is 6.54 Å². The summed E-state index contributed by atoms with van der Waals surface area (Å²) >= 11 is 0. The Balaban J connectivity index is 1.24. The molecule has 5 heteroatoms. The van der Waals surface area contributed by atoms with E-state index in [9.17, 15) is 0 Å². The number of hydrogen-bond acceptors (Lipinski definition) is 5. The maximum Gasteiger partial charge on any atom is 0.226 e. The second-order valence-electron chi connectivity index (χ2n) is 7.17. The van der Waals surface area contributed by atoms with Gasteiger partial charge in [-0.15, -0.1) is 0 Å². The van der Waals surface area contributed by atoms with Crippen molar-refractivity contribution in [3.8, 4) is 17.2 Å². The Morgan fingerprint density at radius 3 is 2.25 bits per heavy atom.